The Kier molecular flexibility index (Phi) is 7.73. The number of Topliss-reactive ketones (excluding diaryl/α,β-unsaturated/α-hetero) is 1. The predicted molar refractivity (Wildman–Crippen MR) is 105 cm³/mol. The van der Waals surface area contributed by atoms with E-state index in [0.717, 1.165) is 31.2 Å². The highest BCUT2D eigenvalue weighted by molar-refractivity contribution is 5.82. The monoisotopic (exact) mass is 350 g/mol. The molecule has 3 nitrogen and oxygen atoms in total. The van der Waals surface area contributed by atoms with Crippen LogP contribution in [0, 0.1) is 5.92 Å². The van der Waals surface area contributed by atoms with Crippen LogP contribution in [-0.4, -0.2) is 18.0 Å². The molecule has 0 amide bonds. The van der Waals surface area contributed by atoms with Crippen LogP contribution in [0.3, 0.4) is 0 Å². The number of allylic oxidation sites excluding steroid dienone is 1. The number of ketones is 1. The Balaban J connectivity index is 1.87. The lowest BCUT2D eigenvalue weighted by Gasteiger charge is -2.12. The molecule has 0 aliphatic carbocycles. The fourth-order valence-corrected chi connectivity index (χ4v) is 2.98. The fourth-order valence-electron chi connectivity index (χ4n) is 2.98. The standard InChI is InChI=1S/C23H26O3/c1-3-8-20(21(24)15-13-18-9-5-4-6-10-18)12-7-11-19-14-16-22(25)23(17-19)26-2/h4-6,8-10,14,16-17,20,25H,1,7,11-13,15H2,2H3. The molecule has 0 bridgehead atoms. The number of carbonyl (C=O) groups is 1. The van der Waals surface area contributed by atoms with Crippen LogP contribution in [0.2, 0.25) is 0 Å². The maximum absolute atomic E-state index is 12.5. The molecule has 1 N–H and O–H groups in total. The van der Waals surface area contributed by atoms with Crippen molar-refractivity contribution in [3.8, 4) is 11.5 Å². The Morgan fingerprint density at radius 1 is 1.19 bits per heavy atom. The molecule has 0 aliphatic rings. The summed E-state index contributed by atoms with van der Waals surface area (Å²) in [5.41, 5.74) is 5.03. The van der Waals surface area contributed by atoms with E-state index in [1.54, 1.807) is 12.1 Å². The molecule has 0 radical (unpaired) electrons. The Hall–Kier alpha value is -2.77. The number of aryl methyl sites for hydroxylation is 2. The Bertz CT molecular complexity index is 758. The average molecular weight is 350 g/mol. The van der Waals surface area contributed by atoms with E-state index in [1.165, 1.54) is 12.7 Å². The molecule has 0 spiro atoms. The second-order valence-corrected chi connectivity index (χ2v) is 6.33. The minimum Gasteiger partial charge on any atom is -0.504 e. The number of phenolic OH excluding ortho intramolecular Hbond substituents is 1. The number of hydrogen-bond donors (Lipinski definition) is 1. The molecule has 2 rings (SSSR count). The number of methoxy groups -OCH3 is 1. The molecule has 3 heteroatoms. The van der Waals surface area contributed by atoms with Gasteiger partial charge in [-0.1, -0.05) is 43.0 Å². The molecular formula is C23H26O3. The summed E-state index contributed by atoms with van der Waals surface area (Å²) in [6.45, 7) is 3.62. The van der Waals surface area contributed by atoms with Crippen LogP contribution in [0.1, 0.15) is 30.4 Å². The minimum atomic E-state index is -0.143. The van der Waals surface area contributed by atoms with Crippen molar-refractivity contribution in [1.29, 1.82) is 0 Å². The molecule has 0 aliphatic heterocycles. The first-order valence-corrected chi connectivity index (χ1v) is 8.92. The second kappa shape index (κ2) is 10.3. The molecular weight excluding hydrogens is 324 g/mol. The number of benzene rings is 2. The SMILES string of the molecule is C=C=CC(CCCc1ccc(O)c(OC)c1)C(=O)CCc1ccccc1. The summed E-state index contributed by atoms with van der Waals surface area (Å²) < 4.78 is 5.14. The topological polar surface area (TPSA) is 46.5 Å². The number of phenols is 1. The van der Waals surface area contributed by atoms with E-state index in [9.17, 15) is 9.90 Å². The lowest BCUT2D eigenvalue weighted by atomic mass is 9.92. The van der Waals surface area contributed by atoms with E-state index in [-0.39, 0.29) is 17.5 Å². The van der Waals surface area contributed by atoms with Crippen molar-refractivity contribution in [2.45, 2.75) is 32.1 Å². The smallest absolute Gasteiger partial charge is 0.160 e. The van der Waals surface area contributed by atoms with E-state index < -0.39 is 0 Å². The van der Waals surface area contributed by atoms with E-state index in [2.05, 4.69) is 12.3 Å². The van der Waals surface area contributed by atoms with Crippen LogP contribution in [0.4, 0.5) is 0 Å². The second-order valence-electron chi connectivity index (χ2n) is 6.33. The van der Waals surface area contributed by atoms with Gasteiger partial charge in [0.15, 0.2) is 11.5 Å². The van der Waals surface area contributed by atoms with Crippen LogP contribution < -0.4 is 4.74 Å². The third-order valence-corrected chi connectivity index (χ3v) is 4.46. The van der Waals surface area contributed by atoms with Gasteiger partial charge in [0.05, 0.1) is 7.11 Å². The largest absolute Gasteiger partial charge is 0.504 e. The molecule has 0 aromatic heterocycles. The van der Waals surface area contributed by atoms with E-state index in [1.807, 2.05) is 42.5 Å². The van der Waals surface area contributed by atoms with Crippen molar-refractivity contribution in [3.63, 3.8) is 0 Å². The van der Waals surface area contributed by atoms with Gasteiger partial charge in [0, 0.05) is 12.3 Å². The first-order chi connectivity index (χ1) is 12.6. The summed E-state index contributed by atoms with van der Waals surface area (Å²) in [5.74, 6) is 0.701. The van der Waals surface area contributed by atoms with Crippen LogP contribution in [0.5, 0.6) is 11.5 Å². The van der Waals surface area contributed by atoms with Crippen molar-refractivity contribution in [2.24, 2.45) is 5.92 Å². The zero-order valence-electron chi connectivity index (χ0n) is 15.3. The van der Waals surface area contributed by atoms with Crippen LogP contribution in [-0.2, 0) is 17.6 Å². The predicted octanol–water partition coefficient (Wildman–Crippen LogP) is 4.88. The summed E-state index contributed by atoms with van der Waals surface area (Å²) in [5, 5.41) is 9.65. The van der Waals surface area contributed by atoms with Gasteiger partial charge in [0.25, 0.3) is 0 Å². The number of ether oxygens (including phenoxy) is 1. The molecule has 0 heterocycles. The highest BCUT2D eigenvalue weighted by Gasteiger charge is 2.15. The molecule has 1 atom stereocenters. The zero-order chi connectivity index (χ0) is 18.8. The van der Waals surface area contributed by atoms with Gasteiger partial charge >= 0.3 is 0 Å². The maximum atomic E-state index is 12.5. The first-order valence-electron chi connectivity index (χ1n) is 8.92. The number of hydrogen-bond acceptors (Lipinski definition) is 3. The van der Waals surface area contributed by atoms with E-state index in [4.69, 9.17) is 4.74 Å². The Morgan fingerprint density at radius 2 is 1.96 bits per heavy atom. The quantitative estimate of drug-likeness (QED) is 0.621. The number of rotatable bonds is 10. The molecule has 136 valence electrons. The minimum absolute atomic E-state index is 0.139. The van der Waals surface area contributed by atoms with Crippen LogP contribution in [0.25, 0.3) is 0 Å². The lowest BCUT2D eigenvalue weighted by molar-refractivity contribution is -0.121. The number of aromatic hydroxyl groups is 1. The van der Waals surface area contributed by atoms with Gasteiger partial charge in [0.1, 0.15) is 5.78 Å². The molecule has 0 saturated carbocycles. The molecule has 26 heavy (non-hydrogen) atoms. The number of carbonyl (C=O) groups excluding carboxylic acids is 1. The van der Waals surface area contributed by atoms with E-state index in [0.29, 0.717) is 12.2 Å². The highest BCUT2D eigenvalue weighted by Crippen LogP contribution is 2.27. The average Bonchev–Trinajstić information content (AvgIpc) is 2.67. The van der Waals surface area contributed by atoms with Gasteiger partial charge in [-0.2, -0.15) is 0 Å². The van der Waals surface area contributed by atoms with Crippen LogP contribution >= 0.6 is 0 Å². The summed E-state index contributed by atoms with van der Waals surface area (Å²) in [7, 11) is 1.54. The first kappa shape index (κ1) is 19.6. The Labute approximate surface area is 155 Å². The van der Waals surface area contributed by atoms with Gasteiger partial charge in [-0.25, -0.2) is 0 Å². The highest BCUT2D eigenvalue weighted by atomic mass is 16.5. The molecule has 1 unspecified atom stereocenters. The van der Waals surface area contributed by atoms with Gasteiger partial charge in [-0.3, -0.25) is 4.79 Å². The zero-order valence-corrected chi connectivity index (χ0v) is 15.3. The maximum Gasteiger partial charge on any atom is 0.160 e. The molecule has 0 saturated heterocycles. The lowest BCUT2D eigenvalue weighted by Crippen LogP contribution is -2.13. The summed E-state index contributed by atoms with van der Waals surface area (Å²) in [4.78, 5) is 12.5. The summed E-state index contributed by atoms with van der Waals surface area (Å²) >= 11 is 0. The van der Waals surface area contributed by atoms with Crippen molar-refractivity contribution in [1.82, 2.24) is 0 Å². The Morgan fingerprint density at radius 3 is 2.65 bits per heavy atom. The molecule has 0 fully saturated rings. The normalized spacial score (nSPS) is 11.4. The van der Waals surface area contributed by atoms with Crippen molar-refractivity contribution >= 4 is 5.78 Å². The van der Waals surface area contributed by atoms with Gasteiger partial charge < -0.3 is 9.84 Å². The third kappa shape index (κ3) is 5.94. The van der Waals surface area contributed by atoms with Gasteiger partial charge in [-0.15, -0.1) is 5.73 Å². The van der Waals surface area contributed by atoms with Crippen molar-refractivity contribution < 1.29 is 14.6 Å². The van der Waals surface area contributed by atoms with E-state index >= 15 is 0 Å². The summed E-state index contributed by atoms with van der Waals surface area (Å²) in [6.07, 6.45) is 5.53. The third-order valence-electron chi connectivity index (χ3n) is 4.46. The fraction of sp³-hybridized carbons (Fsp3) is 0.304. The van der Waals surface area contributed by atoms with Crippen molar-refractivity contribution in [2.75, 3.05) is 7.11 Å². The van der Waals surface area contributed by atoms with Gasteiger partial charge in [-0.05, 0) is 55.0 Å². The summed E-state index contributed by atoms with van der Waals surface area (Å²) in [6, 6.07) is 15.4. The van der Waals surface area contributed by atoms with Crippen LogP contribution in [0.15, 0.2) is 66.9 Å². The van der Waals surface area contributed by atoms with Gasteiger partial charge in [0.2, 0.25) is 0 Å². The molecule has 2 aromatic rings. The van der Waals surface area contributed by atoms with Crippen molar-refractivity contribution in [3.05, 3.63) is 78.0 Å². The molecule has 2 aromatic carbocycles.